The maximum atomic E-state index is 12.0. The highest BCUT2D eigenvalue weighted by atomic mass is 32.2. The SMILES string of the molecule is O=S(=O)(CCC(F)(F)F)NCc1ccc(-c2ccoc2)o1. The Morgan fingerprint density at radius 3 is 2.57 bits per heavy atom. The third-order valence-corrected chi connectivity index (χ3v) is 3.91. The van der Waals surface area contributed by atoms with Crippen LogP contribution in [0.1, 0.15) is 12.2 Å². The van der Waals surface area contributed by atoms with Crippen LogP contribution >= 0.6 is 0 Å². The maximum absolute atomic E-state index is 12.0. The van der Waals surface area contributed by atoms with Gasteiger partial charge in [0.25, 0.3) is 0 Å². The third kappa shape index (κ3) is 4.94. The van der Waals surface area contributed by atoms with Crippen LogP contribution in [0, 0.1) is 0 Å². The molecule has 2 aromatic rings. The van der Waals surface area contributed by atoms with Crippen LogP contribution in [-0.2, 0) is 16.6 Å². The lowest BCUT2D eigenvalue weighted by Crippen LogP contribution is -2.28. The molecule has 0 spiro atoms. The summed E-state index contributed by atoms with van der Waals surface area (Å²) in [6, 6.07) is 4.81. The molecule has 2 rings (SSSR count). The van der Waals surface area contributed by atoms with Crippen LogP contribution in [0.15, 0.2) is 39.6 Å². The topological polar surface area (TPSA) is 72.5 Å². The van der Waals surface area contributed by atoms with Crippen molar-refractivity contribution in [2.24, 2.45) is 0 Å². The number of alkyl halides is 3. The minimum Gasteiger partial charge on any atom is -0.472 e. The number of sulfonamides is 1. The van der Waals surface area contributed by atoms with Crippen molar-refractivity contribution in [3.63, 3.8) is 0 Å². The molecule has 0 amide bonds. The molecule has 0 atom stereocenters. The molecule has 0 aliphatic rings. The molecule has 5 nitrogen and oxygen atoms in total. The molecule has 1 N–H and O–H groups in total. The lowest BCUT2D eigenvalue weighted by Gasteiger charge is -2.07. The minimum absolute atomic E-state index is 0.210. The lowest BCUT2D eigenvalue weighted by molar-refractivity contribution is -0.129. The summed E-state index contributed by atoms with van der Waals surface area (Å²) < 4.78 is 71.1. The van der Waals surface area contributed by atoms with Crippen molar-refractivity contribution in [3.8, 4) is 11.3 Å². The first kappa shape index (κ1) is 15.6. The molecule has 2 aromatic heterocycles. The van der Waals surface area contributed by atoms with Gasteiger partial charge in [-0.3, -0.25) is 0 Å². The Labute approximate surface area is 118 Å². The van der Waals surface area contributed by atoms with Gasteiger partial charge >= 0.3 is 6.18 Å². The molecule has 0 aliphatic carbocycles. The minimum atomic E-state index is -4.51. The average Bonchev–Trinajstić information content (AvgIpc) is 3.04. The molecule has 0 bridgehead atoms. The summed E-state index contributed by atoms with van der Waals surface area (Å²) in [4.78, 5) is 0. The molecule has 0 saturated carbocycles. The van der Waals surface area contributed by atoms with Crippen molar-refractivity contribution in [1.82, 2.24) is 4.72 Å². The number of rotatable bonds is 6. The first-order valence-electron chi connectivity index (χ1n) is 5.90. The number of nitrogens with one attached hydrogen (secondary N) is 1. The van der Waals surface area contributed by atoms with Crippen molar-refractivity contribution in [1.29, 1.82) is 0 Å². The van der Waals surface area contributed by atoms with E-state index in [1.54, 1.807) is 12.1 Å². The van der Waals surface area contributed by atoms with Crippen LogP contribution < -0.4 is 4.72 Å². The second-order valence-corrected chi connectivity index (χ2v) is 6.21. The maximum Gasteiger partial charge on any atom is 0.390 e. The smallest absolute Gasteiger partial charge is 0.390 e. The Morgan fingerprint density at radius 1 is 1.19 bits per heavy atom. The van der Waals surface area contributed by atoms with Gasteiger partial charge in [0.1, 0.15) is 17.8 Å². The van der Waals surface area contributed by atoms with Crippen molar-refractivity contribution < 1.29 is 30.4 Å². The van der Waals surface area contributed by atoms with Gasteiger partial charge in [-0.05, 0) is 18.2 Å². The fourth-order valence-corrected chi connectivity index (χ4v) is 2.54. The van der Waals surface area contributed by atoms with Crippen LogP contribution in [0.3, 0.4) is 0 Å². The van der Waals surface area contributed by atoms with Gasteiger partial charge in [0.05, 0.1) is 30.5 Å². The van der Waals surface area contributed by atoms with Gasteiger partial charge in [-0.25, -0.2) is 13.1 Å². The zero-order valence-corrected chi connectivity index (χ0v) is 11.5. The van der Waals surface area contributed by atoms with E-state index in [1.165, 1.54) is 18.6 Å². The number of halogens is 3. The van der Waals surface area contributed by atoms with E-state index in [1.807, 2.05) is 0 Å². The van der Waals surface area contributed by atoms with E-state index in [0.29, 0.717) is 17.1 Å². The van der Waals surface area contributed by atoms with Gasteiger partial charge in [-0.1, -0.05) is 0 Å². The lowest BCUT2D eigenvalue weighted by atomic mass is 10.3. The third-order valence-electron chi connectivity index (χ3n) is 2.59. The highest BCUT2D eigenvalue weighted by Crippen LogP contribution is 2.23. The Hall–Kier alpha value is -1.74. The quantitative estimate of drug-likeness (QED) is 0.887. The number of furan rings is 2. The molecule has 0 aromatic carbocycles. The highest BCUT2D eigenvalue weighted by molar-refractivity contribution is 7.89. The van der Waals surface area contributed by atoms with E-state index in [0.717, 1.165) is 0 Å². The molecule has 0 aliphatic heterocycles. The van der Waals surface area contributed by atoms with Crippen LogP contribution in [-0.4, -0.2) is 20.3 Å². The van der Waals surface area contributed by atoms with Gasteiger partial charge in [0, 0.05) is 0 Å². The Kier molecular flexibility index (Phi) is 4.43. The zero-order valence-electron chi connectivity index (χ0n) is 10.7. The van der Waals surface area contributed by atoms with E-state index < -0.39 is 28.4 Å². The summed E-state index contributed by atoms with van der Waals surface area (Å²) in [5.41, 5.74) is 0.682. The zero-order chi connectivity index (χ0) is 15.5. The molecular weight excluding hydrogens is 311 g/mol. The Morgan fingerprint density at radius 2 is 1.95 bits per heavy atom. The molecule has 0 fully saturated rings. The van der Waals surface area contributed by atoms with Crippen LogP contribution in [0.25, 0.3) is 11.3 Å². The summed E-state index contributed by atoms with van der Waals surface area (Å²) in [6.45, 7) is -0.210. The van der Waals surface area contributed by atoms with Gasteiger partial charge in [-0.2, -0.15) is 13.2 Å². The second-order valence-electron chi connectivity index (χ2n) is 4.28. The summed E-state index contributed by atoms with van der Waals surface area (Å²) >= 11 is 0. The highest BCUT2D eigenvalue weighted by Gasteiger charge is 2.29. The average molecular weight is 323 g/mol. The molecule has 2 heterocycles. The van der Waals surface area contributed by atoms with E-state index in [-0.39, 0.29) is 6.54 Å². The predicted molar refractivity (Wildman–Crippen MR) is 67.7 cm³/mol. The standard InChI is InChI=1S/C12H12F3NO4S/c13-12(14,15)4-6-21(17,18)16-7-10-1-2-11(20-10)9-3-5-19-8-9/h1-3,5,8,16H,4,6-7H2. The van der Waals surface area contributed by atoms with E-state index in [9.17, 15) is 21.6 Å². The van der Waals surface area contributed by atoms with E-state index >= 15 is 0 Å². The first-order valence-corrected chi connectivity index (χ1v) is 7.56. The van der Waals surface area contributed by atoms with Crippen molar-refractivity contribution in [2.45, 2.75) is 19.1 Å². The monoisotopic (exact) mass is 323 g/mol. The number of hydrogen-bond donors (Lipinski definition) is 1. The van der Waals surface area contributed by atoms with Gasteiger partial charge < -0.3 is 8.83 Å². The molecule has 9 heteroatoms. The van der Waals surface area contributed by atoms with Crippen molar-refractivity contribution in [2.75, 3.05) is 5.75 Å². The summed E-state index contributed by atoms with van der Waals surface area (Å²) in [6.07, 6.45) is -2.98. The molecule has 116 valence electrons. The van der Waals surface area contributed by atoms with Gasteiger partial charge in [0.15, 0.2) is 0 Å². The van der Waals surface area contributed by atoms with Crippen LogP contribution in [0.4, 0.5) is 13.2 Å². The predicted octanol–water partition coefficient (Wildman–Crippen LogP) is 2.91. The van der Waals surface area contributed by atoms with Crippen LogP contribution in [0.2, 0.25) is 0 Å². The molecular formula is C12H12F3NO4S. The summed E-state index contributed by atoms with van der Waals surface area (Å²) in [7, 11) is -4.01. The molecule has 0 radical (unpaired) electrons. The largest absolute Gasteiger partial charge is 0.472 e. The normalized spacial score (nSPS) is 12.7. The van der Waals surface area contributed by atoms with Gasteiger partial charge in [-0.15, -0.1) is 0 Å². The first-order chi connectivity index (χ1) is 9.75. The van der Waals surface area contributed by atoms with Crippen molar-refractivity contribution >= 4 is 10.0 Å². The number of hydrogen-bond acceptors (Lipinski definition) is 4. The van der Waals surface area contributed by atoms with E-state index in [2.05, 4.69) is 4.72 Å². The second kappa shape index (κ2) is 5.94. The molecule has 0 unspecified atom stereocenters. The fraction of sp³-hybridized carbons (Fsp3) is 0.333. The molecule has 0 saturated heterocycles. The van der Waals surface area contributed by atoms with Crippen LogP contribution in [0.5, 0.6) is 0 Å². The Bertz CT molecular complexity index is 674. The molecule has 21 heavy (non-hydrogen) atoms. The fourth-order valence-electron chi connectivity index (χ4n) is 1.54. The van der Waals surface area contributed by atoms with E-state index in [4.69, 9.17) is 8.83 Å². The summed E-state index contributed by atoms with van der Waals surface area (Å²) in [5.74, 6) is -0.235. The van der Waals surface area contributed by atoms with Crippen molar-refractivity contribution in [3.05, 3.63) is 36.5 Å². The summed E-state index contributed by atoms with van der Waals surface area (Å²) in [5, 5.41) is 0. The van der Waals surface area contributed by atoms with Gasteiger partial charge in [0.2, 0.25) is 10.0 Å². The Balaban J connectivity index is 1.91.